The molecule has 2 aromatic carbocycles. The summed E-state index contributed by atoms with van der Waals surface area (Å²) in [6, 6.07) is 6.50. The first kappa shape index (κ1) is 21.9. The van der Waals surface area contributed by atoms with Crippen molar-refractivity contribution >= 4 is 11.9 Å². The lowest BCUT2D eigenvalue weighted by Crippen LogP contribution is -2.08. The Hall–Kier alpha value is -3.38. The first-order valence-electron chi connectivity index (χ1n) is 8.66. The molecule has 0 fully saturated rings. The monoisotopic (exact) mass is 398 g/mol. The first-order chi connectivity index (χ1) is 13.9. The van der Waals surface area contributed by atoms with Gasteiger partial charge in [0.2, 0.25) is 0 Å². The summed E-state index contributed by atoms with van der Waals surface area (Å²) in [5.74, 6) is 0.158. The van der Waals surface area contributed by atoms with Crippen LogP contribution in [-0.4, -0.2) is 32.7 Å². The van der Waals surface area contributed by atoms with Crippen molar-refractivity contribution in [3.05, 3.63) is 72.1 Å². The second-order valence-electron chi connectivity index (χ2n) is 6.15. The normalized spacial score (nSPS) is 11.8. The van der Waals surface area contributed by atoms with Gasteiger partial charge in [0.1, 0.15) is 18.2 Å². The average Bonchev–Trinajstić information content (AvgIpc) is 2.70. The molecule has 2 aromatic rings. The van der Waals surface area contributed by atoms with E-state index >= 15 is 0 Å². The molecule has 152 valence electrons. The van der Waals surface area contributed by atoms with Crippen LogP contribution in [0.4, 0.5) is 4.39 Å². The maximum Gasteiger partial charge on any atom is 0.161 e. The number of carbonyl (C=O) groups is 1. The largest absolute Gasteiger partial charge is 0.504 e. The number of rotatable bonds is 5. The molecule has 0 saturated heterocycles. The van der Waals surface area contributed by atoms with Gasteiger partial charge in [-0.1, -0.05) is 25.3 Å². The Labute approximate surface area is 169 Å². The van der Waals surface area contributed by atoms with Crippen LogP contribution in [-0.2, 0) is 11.3 Å². The number of halogens is 1. The highest BCUT2D eigenvalue weighted by Gasteiger charge is 2.23. The molecule has 5 nitrogen and oxygen atoms in total. The molecule has 0 saturated carbocycles. The molecule has 29 heavy (non-hydrogen) atoms. The van der Waals surface area contributed by atoms with Crippen LogP contribution in [0.1, 0.15) is 21.5 Å². The van der Waals surface area contributed by atoms with E-state index in [-0.39, 0.29) is 17.9 Å². The Bertz CT molecular complexity index is 976. The third-order valence-corrected chi connectivity index (χ3v) is 4.22. The van der Waals surface area contributed by atoms with E-state index in [1.807, 2.05) is 0 Å². The molecular formula is C23H23FO5. The Kier molecular flexibility index (Phi) is 7.33. The number of phenols is 1. The number of aldehydes is 1. The Morgan fingerprint density at radius 1 is 1.21 bits per heavy atom. The van der Waals surface area contributed by atoms with E-state index in [1.165, 1.54) is 19.3 Å². The van der Waals surface area contributed by atoms with Crippen molar-refractivity contribution in [2.75, 3.05) is 21.3 Å². The molecule has 0 amide bonds. The first-order valence-corrected chi connectivity index (χ1v) is 8.66. The van der Waals surface area contributed by atoms with Crippen molar-refractivity contribution in [1.82, 2.24) is 0 Å². The summed E-state index contributed by atoms with van der Waals surface area (Å²) < 4.78 is 29.0. The smallest absolute Gasteiger partial charge is 0.161 e. The van der Waals surface area contributed by atoms with Gasteiger partial charge in [0.15, 0.2) is 17.8 Å². The molecule has 0 aromatic heterocycles. The summed E-state index contributed by atoms with van der Waals surface area (Å²) >= 11 is 0. The minimum absolute atomic E-state index is 0.00969. The van der Waals surface area contributed by atoms with Gasteiger partial charge in [-0.25, -0.2) is 4.39 Å². The Morgan fingerprint density at radius 3 is 2.45 bits per heavy atom. The molecule has 0 atom stereocenters. The van der Waals surface area contributed by atoms with Crippen LogP contribution < -0.4 is 9.47 Å². The molecule has 0 aliphatic carbocycles. The van der Waals surface area contributed by atoms with Gasteiger partial charge in [-0.3, -0.25) is 4.79 Å². The number of carbonyl (C=O) groups excluding carboxylic acids is 1. The number of fused-ring (bicyclic) bond motifs is 3. The zero-order valence-corrected chi connectivity index (χ0v) is 16.6. The summed E-state index contributed by atoms with van der Waals surface area (Å²) in [4.78, 5) is 11.6. The molecule has 0 bridgehead atoms. The summed E-state index contributed by atoms with van der Waals surface area (Å²) in [5.41, 5.74) is 3.04. The van der Waals surface area contributed by atoms with Crippen molar-refractivity contribution in [2.45, 2.75) is 6.61 Å². The lowest BCUT2D eigenvalue weighted by Gasteiger charge is -2.23. The second kappa shape index (κ2) is 9.71. The minimum Gasteiger partial charge on any atom is -0.504 e. The van der Waals surface area contributed by atoms with E-state index in [4.69, 9.17) is 9.47 Å². The van der Waals surface area contributed by atoms with Crippen LogP contribution >= 0.6 is 0 Å². The molecule has 1 aliphatic heterocycles. The number of benzene rings is 2. The van der Waals surface area contributed by atoms with Gasteiger partial charge < -0.3 is 19.3 Å². The van der Waals surface area contributed by atoms with E-state index in [2.05, 4.69) is 17.9 Å². The zero-order valence-electron chi connectivity index (χ0n) is 16.6. The molecule has 3 rings (SSSR count). The number of allylic oxidation sites excluding steroid dienone is 4. The van der Waals surface area contributed by atoms with Crippen molar-refractivity contribution in [1.29, 1.82) is 0 Å². The third-order valence-electron chi connectivity index (χ3n) is 4.22. The van der Waals surface area contributed by atoms with Crippen LogP contribution in [0.15, 0.2) is 55.4 Å². The number of methoxy groups -OCH3 is 2. The lowest BCUT2D eigenvalue weighted by molar-refractivity contribution is 0.112. The second-order valence-corrected chi connectivity index (χ2v) is 6.15. The fraction of sp³-hybridized carbons (Fsp3) is 0.174. The summed E-state index contributed by atoms with van der Waals surface area (Å²) in [5, 5.41) is 9.95. The van der Waals surface area contributed by atoms with Gasteiger partial charge in [-0.05, 0) is 35.4 Å². The van der Waals surface area contributed by atoms with E-state index < -0.39 is 5.83 Å². The molecular weight excluding hydrogens is 375 g/mol. The third kappa shape index (κ3) is 4.55. The average molecular weight is 398 g/mol. The van der Waals surface area contributed by atoms with Crippen molar-refractivity contribution in [3.63, 3.8) is 0 Å². The summed E-state index contributed by atoms with van der Waals surface area (Å²) in [7, 11) is 4.71. The maximum absolute atomic E-state index is 13.9. The zero-order chi connectivity index (χ0) is 21.6. The highest BCUT2D eigenvalue weighted by atomic mass is 19.1. The Morgan fingerprint density at radius 2 is 1.90 bits per heavy atom. The van der Waals surface area contributed by atoms with Crippen LogP contribution in [0.5, 0.6) is 17.2 Å². The van der Waals surface area contributed by atoms with E-state index in [9.17, 15) is 14.3 Å². The number of hydrogen-bond donors (Lipinski definition) is 1. The van der Waals surface area contributed by atoms with Gasteiger partial charge in [0.25, 0.3) is 0 Å². The lowest BCUT2D eigenvalue weighted by atomic mass is 9.90. The maximum atomic E-state index is 13.9. The predicted octanol–water partition coefficient (Wildman–Crippen LogP) is 5.09. The van der Waals surface area contributed by atoms with Gasteiger partial charge in [-0.2, -0.15) is 0 Å². The standard InChI is InChI=1S/C21H17FO4.C2H6O/c1-4-5-15(12(2)22)16-8-20-18(6-13(16)10-23)17-9-21(25-3)19(24)7-14(17)11-26-20;1-3-2/h4-10,24H,1-2,11H2,3H3;1-2H3/b15-5+;. The van der Waals surface area contributed by atoms with Gasteiger partial charge in [0.05, 0.1) is 7.11 Å². The van der Waals surface area contributed by atoms with E-state index in [0.29, 0.717) is 34.5 Å². The predicted molar refractivity (Wildman–Crippen MR) is 111 cm³/mol. The number of phenolic OH excluding ortho intramolecular Hbond substituents is 1. The molecule has 1 heterocycles. The quantitative estimate of drug-likeness (QED) is 0.562. The summed E-state index contributed by atoms with van der Waals surface area (Å²) in [6.45, 7) is 7.12. The van der Waals surface area contributed by atoms with Crippen LogP contribution in [0, 0.1) is 0 Å². The molecule has 6 heteroatoms. The number of ether oxygens (including phenoxy) is 3. The molecule has 0 spiro atoms. The van der Waals surface area contributed by atoms with Crippen molar-refractivity contribution in [2.24, 2.45) is 0 Å². The van der Waals surface area contributed by atoms with Crippen LogP contribution in [0.3, 0.4) is 0 Å². The highest BCUT2D eigenvalue weighted by Crippen LogP contribution is 2.44. The minimum atomic E-state index is -0.671. The molecule has 0 unspecified atom stereocenters. The molecule has 0 radical (unpaired) electrons. The SMILES string of the molecule is C=C/C=C(\C(=C)F)c1cc2c(cc1C=O)-c1cc(OC)c(O)cc1CO2.COC. The van der Waals surface area contributed by atoms with Crippen molar-refractivity contribution < 1.29 is 28.5 Å². The van der Waals surface area contributed by atoms with Crippen LogP contribution in [0.25, 0.3) is 16.7 Å². The molecule has 1 N–H and O–H groups in total. The summed E-state index contributed by atoms with van der Waals surface area (Å²) in [6.07, 6.45) is 3.54. The fourth-order valence-electron chi connectivity index (χ4n) is 3.00. The van der Waals surface area contributed by atoms with Crippen molar-refractivity contribution in [3.8, 4) is 28.4 Å². The van der Waals surface area contributed by atoms with Gasteiger partial charge in [0, 0.05) is 36.5 Å². The van der Waals surface area contributed by atoms with Crippen LogP contribution in [0.2, 0.25) is 0 Å². The topological polar surface area (TPSA) is 65.0 Å². The highest BCUT2D eigenvalue weighted by molar-refractivity contribution is 5.94. The Balaban J connectivity index is 0.000000941. The molecule has 1 aliphatic rings. The number of hydrogen-bond acceptors (Lipinski definition) is 5. The number of aromatic hydroxyl groups is 1. The fourth-order valence-corrected chi connectivity index (χ4v) is 3.00. The van der Waals surface area contributed by atoms with E-state index in [0.717, 1.165) is 11.1 Å². The van der Waals surface area contributed by atoms with Gasteiger partial charge in [-0.15, -0.1) is 0 Å². The van der Waals surface area contributed by atoms with E-state index in [1.54, 1.807) is 38.5 Å². The van der Waals surface area contributed by atoms with Gasteiger partial charge >= 0.3 is 0 Å².